The van der Waals surface area contributed by atoms with Gasteiger partial charge in [0.2, 0.25) is 0 Å². The number of anilines is 1. The summed E-state index contributed by atoms with van der Waals surface area (Å²) in [4.78, 5) is 0.228. The molecule has 3 rings (SSSR count). The number of hydrogen-bond acceptors (Lipinski definition) is 5. The minimum absolute atomic E-state index is 0.228. The molecule has 1 N–H and O–H groups in total. The molecule has 0 aliphatic heterocycles. The van der Waals surface area contributed by atoms with E-state index in [-0.39, 0.29) is 4.90 Å². The first-order valence-corrected chi connectivity index (χ1v) is 7.67. The van der Waals surface area contributed by atoms with Crippen LogP contribution in [0.5, 0.6) is 0 Å². The standard InChI is InChI=1S/C12H9N3O2S2/c16-19(17,10-4-2-1-3-5-10)15-9-6-7-11-12(8-9)14-18-13-11/h1-8,15H. The number of rotatable bonds is 3. The summed E-state index contributed by atoms with van der Waals surface area (Å²) in [6.45, 7) is 0. The highest BCUT2D eigenvalue weighted by molar-refractivity contribution is 7.92. The lowest BCUT2D eigenvalue weighted by atomic mass is 10.3. The Bertz CT molecular complexity index is 813. The molecule has 1 heterocycles. The number of nitrogens with one attached hydrogen (secondary N) is 1. The molecule has 0 aliphatic carbocycles. The van der Waals surface area contributed by atoms with Gasteiger partial charge in [0.1, 0.15) is 11.0 Å². The molecule has 19 heavy (non-hydrogen) atoms. The maximum Gasteiger partial charge on any atom is 0.261 e. The molecule has 3 aromatic rings. The smallest absolute Gasteiger partial charge is 0.261 e. The predicted octanol–water partition coefficient (Wildman–Crippen LogP) is 2.49. The van der Waals surface area contributed by atoms with Crippen molar-refractivity contribution in [3.63, 3.8) is 0 Å². The Hall–Kier alpha value is -1.99. The lowest BCUT2D eigenvalue weighted by Gasteiger charge is -2.07. The van der Waals surface area contributed by atoms with Gasteiger partial charge in [0, 0.05) is 0 Å². The summed E-state index contributed by atoms with van der Waals surface area (Å²) in [5, 5.41) is 0. The molecule has 2 aromatic carbocycles. The average Bonchev–Trinajstić information content (AvgIpc) is 2.87. The Morgan fingerprint density at radius 2 is 1.68 bits per heavy atom. The molecule has 0 spiro atoms. The summed E-state index contributed by atoms with van der Waals surface area (Å²) in [6, 6.07) is 13.3. The molecular weight excluding hydrogens is 282 g/mol. The van der Waals surface area contributed by atoms with E-state index < -0.39 is 10.0 Å². The summed E-state index contributed by atoms with van der Waals surface area (Å²) in [5.41, 5.74) is 1.91. The van der Waals surface area contributed by atoms with Gasteiger partial charge in [-0.25, -0.2) is 8.42 Å². The Morgan fingerprint density at radius 3 is 2.47 bits per heavy atom. The van der Waals surface area contributed by atoms with Crippen molar-refractivity contribution < 1.29 is 8.42 Å². The van der Waals surface area contributed by atoms with Gasteiger partial charge in [0.15, 0.2) is 0 Å². The summed E-state index contributed by atoms with van der Waals surface area (Å²) in [6.07, 6.45) is 0. The van der Waals surface area contributed by atoms with Gasteiger partial charge in [-0.05, 0) is 30.3 Å². The third-order valence-corrected chi connectivity index (χ3v) is 4.51. The van der Waals surface area contributed by atoms with Crippen molar-refractivity contribution in [3.8, 4) is 0 Å². The molecule has 0 saturated carbocycles. The van der Waals surface area contributed by atoms with Crippen molar-refractivity contribution in [3.05, 3.63) is 48.5 Å². The minimum atomic E-state index is -3.56. The zero-order valence-corrected chi connectivity index (χ0v) is 11.3. The maximum atomic E-state index is 12.1. The van der Waals surface area contributed by atoms with Gasteiger partial charge in [-0.1, -0.05) is 18.2 Å². The molecule has 0 unspecified atom stereocenters. The van der Waals surface area contributed by atoms with Gasteiger partial charge >= 0.3 is 0 Å². The highest BCUT2D eigenvalue weighted by Crippen LogP contribution is 2.20. The van der Waals surface area contributed by atoms with Crippen LogP contribution in [0.3, 0.4) is 0 Å². The molecule has 0 amide bonds. The Balaban J connectivity index is 1.96. The van der Waals surface area contributed by atoms with E-state index in [1.165, 1.54) is 0 Å². The van der Waals surface area contributed by atoms with Crippen molar-refractivity contribution in [1.29, 1.82) is 0 Å². The summed E-state index contributed by atoms with van der Waals surface area (Å²) in [7, 11) is -3.56. The van der Waals surface area contributed by atoms with Crippen molar-refractivity contribution in [2.24, 2.45) is 0 Å². The zero-order valence-electron chi connectivity index (χ0n) is 9.65. The van der Waals surface area contributed by atoms with Gasteiger partial charge in [-0.15, -0.1) is 0 Å². The Kier molecular flexibility index (Phi) is 2.92. The van der Waals surface area contributed by atoms with Crippen molar-refractivity contribution in [1.82, 2.24) is 8.75 Å². The lowest BCUT2D eigenvalue weighted by molar-refractivity contribution is 0.601. The number of hydrogen-bond donors (Lipinski definition) is 1. The highest BCUT2D eigenvalue weighted by Gasteiger charge is 2.13. The van der Waals surface area contributed by atoms with Crippen LogP contribution in [0.1, 0.15) is 0 Å². The number of sulfonamides is 1. The van der Waals surface area contributed by atoms with E-state index >= 15 is 0 Å². The summed E-state index contributed by atoms with van der Waals surface area (Å²) >= 11 is 1.10. The van der Waals surface area contributed by atoms with Gasteiger partial charge in [-0.2, -0.15) is 8.75 Å². The van der Waals surface area contributed by atoms with E-state index in [1.807, 2.05) is 0 Å². The lowest BCUT2D eigenvalue weighted by Crippen LogP contribution is -2.12. The van der Waals surface area contributed by atoms with Crippen molar-refractivity contribution in [2.45, 2.75) is 4.90 Å². The van der Waals surface area contributed by atoms with Crippen LogP contribution < -0.4 is 4.72 Å². The van der Waals surface area contributed by atoms with Gasteiger partial charge in [-0.3, -0.25) is 4.72 Å². The van der Waals surface area contributed by atoms with E-state index in [1.54, 1.807) is 48.5 Å². The largest absolute Gasteiger partial charge is 0.280 e. The van der Waals surface area contributed by atoms with Crippen LogP contribution in [-0.4, -0.2) is 17.2 Å². The first-order chi connectivity index (χ1) is 9.15. The van der Waals surface area contributed by atoms with E-state index in [9.17, 15) is 8.42 Å². The summed E-state index contributed by atoms with van der Waals surface area (Å²) < 4.78 is 34.9. The number of aromatic nitrogens is 2. The molecular formula is C12H9N3O2S2. The Morgan fingerprint density at radius 1 is 0.947 bits per heavy atom. The number of benzene rings is 2. The van der Waals surface area contributed by atoms with Crippen molar-refractivity contribution in [2.75, 3.05) is 4.72 Å². The molecule has 5 nitrogen and oxygen atoms in total. The topological polar surface area (TPSA) is 72.0 Å². The molecule has 0 radical (unpaired) electrons. The van der Waals surface area contributed by atoms with E-state index in [0.717, 1.165) is 17.2 Å². The number of nitrogens with zero attached hydrogens (tertiary/aromatic N) is 2. The third-order valence-electron chi connectivity index (χ3n) is 2.56. The molecule has 1 aromatic heterocycles. The van der Waals surface area contributed by atoms with Crippen LogP contribution in [0.25, 0.3) is 11.0 Å². The van der Waals surface area contributed by atoms with Crippen LogP contribution in [0, 0.1) is 0 Å². The second-order valence-corrected chi connectivity index (χ2v) is 6.10. The third kappa shape index (κ3) is 2.42. The minimum Gasteiger partial charge on any atom is -0.280 e. The molecule has 0 saturated heterocycles. The van der Waals surface area contributed by atoms with Crippen molar-refractivity contribution >= 4 is 38.5 Å². The quantitative estimate of drug-likeness (QED) is 0.804. The monoisotopic (exact) mass is 291 g/mol. The molecule has 7 heteroatoms. The fourth-order valence-electron chi connectivity index (χ4n) is 1.66. The molecule has 0 atom stereocenters. The van der Waals surface area contributed by atoms with Crippen LogP contribution in [0.15, 0.2) is 53.4 Å². The predicted molar refractivity (Wildman–Crippen MR) is 74.7 cm³/mol. The normalized spacial score (nSPS) is 11.6. The molecule has 0 bridgehead atoms. The number of fused-ring (bicyclic) bond motifs is 1. The first kappa shape index (κ1) is 12.1. The van der Waals surface area contributed by atoms with Gasteiger partial charge < -0.3 is 0 Å². The van der Waals surface area contributed by atoms with Crippen LogP contribution in [-0.2, 0) is 10.0 Å². The van der Waals surface area contributed by atoms with Gasteiger partial charge in [0.05, 0.1) is 22.3 Å². The average molecular weight is 291 g/mol. The second kappa shape index (κ2) is 4.60. The van der Waals surface area contributed by atoms with Crippen LogP contribution >= 0.6 is 11.7 Å². The van der Waals surface area contributed by atoms with Gasteiger partial charge in [0.25, 0.3) is 10.0 Å². The summed E-state index contributed by atoms with van der Waals surface area (Å²) in [5.74, 6) is 0. The van der Waals surface area contributed by atoms with E-state index in [4.69, 9.17) is 0 Å². The molecule has 0 fully saturated rings. The Labute approximate surface area is 114 Å². The SMILES string of the molecule is O=S(=O)(Nc1ccc2nsnc2c1)c1ccccc1. The maximum absolute atomic E-state index is 12.1. The van der Waals surface area contributed by atoms with E-state index in [0.29, 0.717) is 11.2 Å². The fraction of sp³-hybridized carbons (Fsp3) is 0. The fourth-order valence-corrected chi connectivity index (χ4v) is 3.25. The zero-order chi connectivity index (χ0) is 13.3. The first-order valence-electron chi connectivity index (χ1n) is 5.45. The van der Waals surface area contributed by atoms with Crippen LogP contribution in [0.2, 0.25) is 0 Å². The second-order valence-electron chi connectivity index (χ2n) is 3.89. The molecule has 96 valence electrons. The van der Waals surface area contributed by atoms with Crippen LogP contribution in [0.4, 0.5) is 5.69 Å². The van der Waals surface area contributed by atoms with E-state index in [2.05, 4.69) is 13.5 Å². The highest BCUT2D eigenvalue weighted by atomic mass is 32.2. The molecule has 0 aliphatic rings.